The summed E-state index contributed by atoms with van der Waals surface area (Å²) in [5.74, 6) is -4.77. The molecular weight excluding hydrogens is 432 g/mol. The number of carboxylic acid groups (broad SMARTS) is 2. The highest BCUT2D eigenvalue weighted by Gasteiger charge is 2.30. The van der Waals surface area contributed by atoms with Crippen molar-refractivity contribution in [2.24, 2.45) is 11.7 Å². The van der Waals surface area contributed by atoms with E-state index in [1.165, 1.54) is 6.92 Å². The highest BCUT2D eigenvalue weighted by atomic mass is 16.4. The van der Waals surface area contributed by atoms with E-state index in [0.717, 1.165) is 0 Å². The Hall–Kier alpha value is -3.47. The van der Waals surface area contributed by atoms with E-state index in [4.69, 9.17) is 15.9 Å². The first-order chi connectivity index (χ1) is 15.4. The number of nitrogens with two attached hydrogens (primary N) is 1. The predicted molar refractivity (Wildman–Crippen MR) is 119 cm³/mol. The van der Waals surface area contributed by atoms with Gasteiger partial charge in [-0.15, -0.1) is 0 Å². The van der Waals surface area contributed by atoms with Crippen LogP contribution in [0.4, 0.5) is 0 Å². The van der Waals surface area contributed by atoms with Crippen molar-refractivity contribution in [1.82, 2.24) is 16.0 Å². The Bertz CT molecular complexity index is 844. The fourth-order valence-corrected chi connectivity index (χ4v) is 2.81. The smallest absolute Gasteiger partial charge is 0.325 e. The molecule has 0 aliphatic heterocycles. The van der Waals surface area contributed by atoms with E-state index in [1.54, 1.807) is 44.2 Å². The van der Waals surface area contributed by atoms with E-state index in [-0.39, 0.29) is 18.8 Å². The van der Waals surface area contributed by atoms with Crippen LogP contribution in [0.3, 0.4) is 0 Å². The number of aliphatic carboxylic acids is 2. The largest absolute Gasteiger partial charge is 0.481 e. The minimum atomic E-state index is -1.25. The van der Waals surface area contributed by atoms with Crippen molar-refractivity contribution in [3.8, 4) is 0 Å². The van der Waals surface area contributed by atoms with Crippen LogP contribution in [0.25, 0.3) is 0 Å². The molecule has 0 spiro atoms. The van der Waals surface area contributed by atoms with Crippen LogP contribution in [-0.2, 0) is 30.4 Å². The third-order valence-electron chi connectivity index (χ3n) is 4.95. The van der Waals surface area contributed by atoms with E-state index >= 15 is 0 Å². The number of carboxylic acids is 2. The number of amides is 3. The zero-order valence-electron chi connectivity index (χ0n) is 18.9. The Morgan fingerprint density at radius 1 is 0.848 bits per heavy atom. The van der Waals surface area contributed by atoms with E-state index in [1.807, 2.05) is 0 Å². The molecule has 4 unspecified atom stereocenters. The third kappa shape index (κ3) is 9.69. The first-order valence-corrected chi connectivity index (χ1v) is 10.6. The Morgan fingerprint density at radius 2 is 1.39 bits per heavy atom. The molecule has 0 saturated heterocycles. The molecule has 0 aliphatic carbocycles. The molecule has 0 aromatic heterocycles. The molecule has 1 aromatic carbocycles. The number of carbonyl (C=O) groups excluding carboxylic acids is 3. The third-order valence-corrected chi connectivity index (χ3v) is 4.95. The molecule has 0 fully saturated rings. The van der Waals surface area contributed by atoms with Gasteiger partial charge in [0.2, 0.25) is 17.7 Å². The lowest BCUT2D eigenvalue weighted by molar-refractivity contribution is -0.141. The van der Waals surface area contributed by atoms with E-state index in [2.05, 4.69) is 16.0 Å². The molecule has 33 heavy (non-hydrogen) atoms. The quantitative estimate of drug-likeness (QED) is 0.228. The lowest BCUT2D eigenvalue weighted by atomic mass is 10.0. The van der Waals surface area contributed by atoms with E-state index < -0.39 is 60.2 Å². The van der Waals surface area contributed by atoms with Gasteiger partial charge in [-0.2, -0.15) is 0 Å². The van der Waals surface area contributed by atoms with Crippen molar-refractivity contribution < 1.29 is 34.2 Å². The number of carbonyl (C=O) groups is 5. The second kappa shape index (κ2) is 13.2. The average molecular weight is 465 g/mol. The maximum atomic E-state index is 13.0. The van der Waals surface area contributed by atoms with Crippen LogP contribution in [0.2, 0.25) is 0 Å². The molecule has 11 nitrogen and oxygen atoms in total. The zero-order chi connectivity index (χ0) is 25.1. The van der Waals surface area contributed by atoms with Crippen LogP contribution in [0.5, 0.6) is 0 Å². The number of rotatable bonds is 13. The molecule has 182 valence electrons. The topological polar surface area (TPSA) is 188 Å². The minimum absolute atomic E-state index is 0.0514. The molecule has 0 bridgehead atoms. The molecule has 0 radical (unpaired) electrons. The number of benzene rings is 1. The van der Waals surface area contributed by atoms with Gasteiger partial charge in [-0.05, 0) is 24.8 Å². The minimum Gasteiger partial charge on any atom is -0.481 e. The van der Waals surface area contributed by atoms with Gasteiger partial charge in [-0.3, -0.25) is 24.0 Å². The molecule has 7 N–H and O–H groups in total. The monoisotopic (exact) mass is 464 g/mol. The summed E-state index contributed by atoms with van der Waals surface area (Å²) in [7, 11) is 0. The molecule has 1 rings (SSSR count). The van der Waals surface area contributed by atoms with Crippen molar-refractivity contribution >= 4 is 29.7 Å². The lowest BCUT2D eigenvalue weighted by Crippen LogP contribution is -2.57. The van der Waals surface area contributed by atoms with Gasteiger partial charge in [0.1, 0.15) is 18.1 Å². The fraction of sp³-hybridized carbons (Fsp3) is 0.500. The van der Waals surface area contributed by atoms with Crippen LogP contribution >= 0.6 is 0 Å². The first kappa shape index (κ1) is 27.6. The average Bonchev–Trinajstić information content (AvgIpc) is 2.75. The SMILES string of the molecule is CC(NC(=O)C(Cc1ccccc1)NC(=O)C(CCC(=O)O)NC(=O)C(N)C(C)C)C(=O)O. The van der Waals surface area contributed by atoms with E-state index in [9.17, 15) is 24.0 Å². The summed E-state index contributed by atoms with van der Waals surface area (Å²) in [6.07, 6.45) is -0.570. The highest BCUT2D eigenvalue weighted by Crippen LogP contribution is 2.07. The van der Waals surface area contributed by atoms with E-state index in [0.29, 0.717) is 5.56 Å². The summed E-state index contributed by atoms with van der Waals surface area (Å²) in [5.41, 5.74) is 6.52. The van der Waals surface area contributed by atoms with Gasteiger partial charge in [-0.25, -0.2) is 0 Å². The summed E-state index contributed by atoms with van der Waals surface area (Å²) in [6.45, 7) is 4.73. The van der Waals surface area contributed by atoms with Crippen LogP contribution in [-0.4, -0.2) is 64.0 Å². The predicted octanol–water partition coefficient (Wildman–Crippen LogP) is -0.364. The number of hydrogen-bond donors (Lipinski definition) is 6. The first-order valence-electron chi connectivity index (χ1n) is 10.6. The molecule has 3 amide bonds. The van der Waals surface area contributed by atoms with Gasteiger partial charge in [-0.1, -0.05) is 44.2 Å². The van der Waals surface area contributed by atoms with Gasteiger partial charge in [0, 0.05) is 12.8 Å². The molecule has 0 saturated carbocycles. The molecule has 11 heteroatoms. The van der Waals surface area contributed by atoms with Gasteiger partial charge >= 0.3 is 11.9 Å². The van der Waals surface area contributed by atoms with Crippen molar-refractivity contribution in [3.63, 3.8) is 0 Å². The van der Waals surface area contributed by atoms with Crippen molar-refractivity contribution in [1.29, 1.82) is 0 Å². The van der Waals surface area contributed by atoms with Crippen molar-refractivity contribution in [3.05, 3.63) is 35.9 Å². The fourth-order valence-electron chi connectivity index (χ4n) is 2.81. The molecule has 4 atom stereocenters. The van der Waals surface area contributed by atoms with Crippen molar-refractivity contribution in [2.75, 3.05) is 0 Å². The number of nitrogens with one attached hydrogen (secondary N) is 3. The zero-order valence-corrected chi connectivity index (χ0v) is 18.9. The molecule has 0 heterocycles. The summed E-state index contributed by atoms with van der Waals surface area (Å²) in [5, 5.41) is 25.4. The second-order valence-corrected chi connectivity index (χ2v) is 8.08. The van der Waals surface area contributed by atoms with Crippen LogP contribution < -0.4 is 21.7 Å². The summed E-state index contributed by atoms with van der Waals surface area (Å²) < 4.78 is 0. The second-order valence-electron chi connectivity index (χ2n) is 8.08. The van der Waals surface area contributed by atoms with Crippen LogP contribution in [0.1, 0.15) is 39.2 Å². The molecule has 0 aliphatic rings. The van der Waals surface area contributed by atoms with Crippen molar-refractivity contribution in [2.45, 2.75) is 64.2 Å². The maximum absolute atomic E-state index is 13.0. The Balaban J connectivity index is 3.07. The molecule has 1 aromatic rings. The highest BCUT2D eigenvalue weighted by molar-refractivity contribution is 5.94. The summed E-state index contributed by atoms with van der Waals surface area (Å²) in [6, 6.07) is 4.22. The Morgan fingerprint density at radius 3 is 1.91 bits per heavy atom. The van der Waals surface area contributed by atoms with Gasteiger partial charge in [0.15, 0.2) is 0 Å². The Kier molecular flexibility index (Phi) is 11.0. The summed E-state index contributed by atoms with van der Waals surface area (Å²) in [4.78, 5) is 60.2. The maximum Gasteiger partial charge on any atom is 0.325 e. The van der Waals surface area contributed by atoms with Crippen LogP contribution in [0.15, 0.2) is 30.3 Å². The van der Waals surface area contributed by atoms with Gasteiger partial charge in [0.25, 0.3) is 0 Å². The molecular formula is C22H32N4O7. The normalized spacial score (nSPS) is 14.5. The lowest BCUT2D eigenvalue weighted by Gasteiger charge is -2.25. The van der Waals surface area contributed by atoms with Crippen LogP contribution in [0, 0.1) is 5.92 Å². The standard InChI is InChI=1S/C22H32N4O7/c1-12(2)18(23)21(31)25-15(9-10-17(27)28)19(29)26-16(11-14-7-5-4-6-8-14)20(30)24-13(3)22(32)33/h4-8,12-13,15-16,18H,9-11,23H2,1-3H3,(H,24,30)(H,25,31)(H,26,29)(H,27,28)(H,32,33). The van der Waals surface area contributed by atoms with Gasteiger partial charge < -0.3 is 31.9 Å². The Labute approximate surface area is 192 Å². The number of hydrogen-bond acceptors (Lipinski definition) is 6. The van der Waals surface area contributed by atoms with Gasteiger partial charge in [0.05, 0.1) is 6.04 Å². The summed E-state index contributed by atoms with van der Waals surface area (Å²) >= 11 is 0.